The predicted molar refractivity (Wildman–Crippen MR) is 78.4 cm³/mol. The van der Waals surface area contributed by atoms with Gasteiger partial charge in [0.15, 0.2) is 6.61 Å². The molecular weight excluding hydrogens is 270 g/mol. The highest BCUT2D eigenvalue weighted by atomic mass is 16.6. The van der Waals surface area contributed by atoms with Crippen LogP contribution in [0.2, 0.25) is 0 Å². The van der Waals surface area contributed by atoms with Crippen molar-refractivity contribution >= 4 is 28.9 Å². The normalized spacial score (nSPS) is 10.7. The van der Waals surface area contributed by atoms with E-state index in [2.05, 4.69) is 9.72 Å². The van der Waals surface area contributed by atoms with E-state index in [4.69, 9.17) is 4.74 Å². The van der Waals surface area contributed by atoms with Gasteiger partial charge >= 0.3 is 11.9 Å². The lowest BCUT2D eigenvalue weighted by Gasteiger charge is -2.02. The Morgan fingerprint density at radius 1 is 1.19 bits per heavy atom. The molecule has 0 atom stereocenters. The Morgan fingerprint density at radius 3 is 2.81 bits per heavy atom. The van der Waals surface area contributed by atoms with Crippen molar-refractivity contribution in [1.82, 2.24) is 4.98 Å². The highest BCUT2D eigenvalue weighted by Crippen LogP contribution is 2.17. The molecule has 2 aromatic rings. The minimum absolute atomic E-state index is 0.258. The van der Waals surface area contributed by atoms with E-state index in [1.165, 1.54) is 6.08 Å². The molecule has 0 aliphatic rings. The molecule has 21 heavy (non-hydrogen) atoms. The minimum Gasteiger partial charge on any atom is -0.463 e. The Balaban J connectivity index is 2.02. The summed E-state index contributed by atoms with van der Waals surface area (Å²) in [6.07, 6.45) is 4.57. The first-order chi connectivity index (χ1) is 10.2. The number of carbonyl (C=O) groups excluding carboxylic acids is 2. The van der Waals surface area contributed by atoms with E-state index in [0.717, 1.165) is 16.5 Å². The summed E-state index contributed by atoms with van der Waals surface area (Å²) in [5.41, 5.74) is 1.61. The smallest absolute Gasteiger partial charge is 0.344 e. The molecule has 108 valence electrons. The van der Waals surface area contributed by atoms with Gasteiger partial charge in [-0.3, -0.25) is 4.98 Å². The molecule has 0 N–H and O–H groups in total. The lowest BCUT2D eigenvalue weighted by atomic mass is 10.1. The molecule has 0 saturated carbocycles. The number of fused-ring (bicyclic) bond motifs is 1. The van der Waals surface area contributed by atoms with E-state index in [9.17, 15) is 9.59 Å². The molecule has 0 unspecified atom stereocenters. The molecule has 0 saturated heterocycles. The van der Waals surface area contributed by atoms with Crippen LogP contribution in [0.3, 0.4) is 0 Å². The Bertz CT molecular complexity index is 674. The predicted octanol–water partition coefficient (Wildman–Crippen LogP) is 2.35. The molecule has 0 aliphatic carbocycles. The Kier molecular flexibility index (Phi) is 5.04. The molecule has 2 rings (SSSR count). The molecule has 1 aromatic carbocycles. The molecule has 0 aliphatic heterocycles. The summed E-state index contributed by atoms with van der Waals surface area (Å²) < 4.78 is 9.43. The standard InChI is InChI=1S/C16H15NO4/c1-2-20-15(19)11-21-14(18)9-8-13-6-3-5-12-7-4-10-17-16(12)13/h3-10H,2,11H2,1H3/b9-8+. The van der Waals surface area contributed by atoms with Gasteiger partial charge in [-0.1, -0.05) is 24.3 Å². The zero-order chi connectivity index (χ0) is 15.1. The van der Waals surface area contributed by atoms with Gasteiger partial charge in [-0.15, -0.1) is 0 Å². The van der Waals surface area contributed by atoms with E-state index >= 15 is 0 Å². The summed E-state index contributed by atoms with van der Waals surface area (Å²) in [5, 5.41) is 0.986. The first-order valence-corrected chi connectivity index (χ1v) is 6.55. The van der Waals surface area contributed by atoms with Crippen molar-refractivity contribution in [2.24, 2.45) is 0 Å². The fourth-order valence-corrected chi connectivity index (χ4v) is 1.80. The number of nitrogens with zero attached hydrogens (tertiary/aromatic N) is 1. The molecule has 1 heterocycles. The Hall–Kier alpha value is -2.69. The van der Waals surface area contributed by atoms with Crippen LogP contribution >= 0.6 is 0 Å². The van der Waals surface area contributed by atoms with Crippen LogP contribution in [-0.4, -0.2) is 30.1 Å². The van der Waals surface area contributed by atoms with E-state index in [1.54, 1.807) is 19.2 Å². The number of esters is 2. The molecule has 0 amide bonds. The summed E-state index contributed by atoms with van der Waals surface area (Å²) in [4.78, 5) is 26.9. The summed E-state index contributed by atoms with van der Waals surface area (Å²) in [6.45, 7) is 1.56. The van der Waals surface area contributed by atoms with Crippen molar-refractivity contribution in [2.45, 2.75) is 6.92 Å². The number of carbonyl (C=O) groups is 2. The number of rotatable bonds is 5. The summed E-state index contributed by atoms with van der Waals surface area (Å²) in [5.74, 6) is -1.16. The van der Waals surface area contributed by atoms with Crippen LogP contribution in [0.25, 0.3) is 17.0 Å². The molecule has 0 spiro atoms. The number of hydrogen-bond donors (Lipinski definition) is 0. The van der Waals surface area contributed by atoms with Crippen LogP contribution < -0.4 is 0 Å². The van der Waals surface area contributed by atoms with Crippen LogP contribution in [0.4, 0.5) is 0 Å². The molecule has 5 nitrogen and oxygen atoms in total. The third-order valence-electron chi connectivity index (χ3n) is 2.70. The minimum atomic E-state index is -0.601. The zero-order valence-electron chi connectivity index (χ0n) is 11.6. The highest BCUT2D eigenvalue weighted by molar-refractivity contribution is 5.93. The number of pyridine rings is 1. The van der Waals surface area contributed by atoms with Crippen molar-refractivity contribution in [3.63, 3.8) is 0 Å². The van der Waals surface area contributed by atoms with Gasteiger partial charge in [0.1, 0.15) is 0 Å². The van der Waals surface area contributed by atoms with Crippen LogP contribution in [0.5, 0.6) is 0 Å². The third-order valence-corrected chi connectivity index (χ3v) is 2.70. The van der Waals surface area contributed by atoms with Crippen molar-refractivity contribution < 1.29 is 19.1 Å². The van der Waals surface area contributed by atoms with Crippen molar-refractivity contribution in [2.75, 3.05) is 13.2 Å². The van der Waals surface area contributed by atoms with E-state index < -0.39 is 11.9 Å². The topological polar surface area (TPSA) is 65.5 Å². The van der Waals surface area contributed by atoms with Gasteiger partial charge in [0, 0.05) is 23.2 Å². The van der Waals surface area contributed by atoms with Gasteiger partial charge in [0.2, 0.25) is 0 Å². The number of hydrogen-bond acceptors (Lipinski definition) is 5. The molecule has 1 aromatic heterocycles. The molecule has 5 heteroatoms. The molecule has 0 bridgehead atoms. The van der Waals surface area contributed by atoms with E-state index in [1.807, 2.05) is 30.3 Å². The van der Waals surface area contributed by atoms with Crippen LogP contribution in [-0.2, 0) is 19.1 Å². The van der Waals surface area contributed by atoms with Gasteiger partial charge in [0.25, 0.3) is 0 Å². The second-order valence-electron chi connectivity index (χ2n) is 4.17. The number of para-hydroxylation sites is 1. The first-order valence-electron chi connectivity index (χ1n) is 6.55. The van der Waals surface area contributed by atoms with Crippen molar-refractivity contribution in [3.8, 4) is 0 Å². The van der Waals surface area contributed by atoms with Crippen LogP contribution in [0.1, 0.15) is 12.5 Å². The SMILES string of the molecule is CCOC(=O)COC(=O)/C=C/c1cccc2cccnc12. The van der Waals surface area contributed by atoms with Crippen molar-refractivity contribution in [1.29, 1.82) is 0 Å². The number of ether oxygens (including phenoxy) is 2. The molecular formula is C16H15NO4. The Labute approximate surface area is 122 Å². The highest BCUT2D eigenvalue weighted by Gasteiger charge is 2.05. The quantitative estimate of drug-likeness (QED) is 0.623. The van der Waals surface area contributed by atoms with Gasteiger partial charge in [0.05, 0.1) is 12.1 Å². The Morgan fingerprint density at radius 2 is 2.00 bits per heavy atom. The second-order valence-corrected chi connectivity index (χ2v) is 4.17. The maximum Gasteiger partial charge on any atom is 0.344 e. The van der Waals surface area contributed by atoms with Gasteiger partial charge in [-0.25, -0.2) is 9.59 Å². The summed E-state index contributed by atoms with van der Waals surface area (Å²) in [6, 6.07) is 9.47. The van der Waals surface area contributed by atoms with Gasteiger partial charge < -0.3 is 9.47 Å². The van der Waals surface area contributed by atoms with E-state index in [-0.39, 0.29) is 13.2 Å². The lowest BCUT2D eigenvalue weighted by molar-refractivity contribution is -0.155. The fraction of sp³-hybridized carbons (Fsp3) is 0.188. The van der Waals surface area contributed by atoms with Gasteiger partial charge in [-0.05, 0) is 19.1 Å². The van der Waals surface area contributed by atoms with Gasteiger partial charge in [-0.2, -0.15) is 0 Å². The number of aromatic nitrogens is 1. The summed E-state index contributed by atoms with van der Waals surface area (Å²) >= 11 is 0. The first kappa shape index (κ1) is 14.7. The average Bonchev–Trinajstić information content (AvgIpc) is 2.51. The van der Waals surface area contributed by atoms with Crippen molar-refractivity contribution in [3.05, 3.63) is 48.2 Å². The maximum atomic E-state index is 11.5. The third kappa shape index (κ3) is 4.14. The average molecular weight is 285 g/mol. The van der Waals surface area contributed by atoms with Crippen LogP contribution in [0, 0.1) is 0 Å². The molecule has 0 radical (unpaired) electrons. The fourth-order valence-electron chi connectivity index (χ4n) is 1.80. The molecule has 0 fully saturated rings. The van der Waals surface area contributed by atoms with E-state index in [0.29, 0.717) is 0 Å². The monoisotopic (exact) mass is 285 g/mol. The number of benzene rings is 1. The second kappa shape index (κ2) is 7.19. The zero-order valence-corrected chi connectivity index (χ0v) is 11.6. The maximum absolute atomic E-state index is 11.5. The lowest BCUT2D eigenvalue weighted by Crippen LogP contribution is -2.15. The largest absolute Gasteiger partial charge is 0.463 e. The van der Waals surface area contributed by atoms with Crippen LogP contribution in [0.15, 0.2) is 42.6 Å². The summed E-state index contributed by atoms with van der Waals surface area (Å²) in [7, 11) is 0.